The second-order valence-electron chi connectivity index (χ2n) is 4.81. The van der Waals surface area contributed by atoms with E-state index in [0.717, 1.165) is 5.76 Å². The minimum Gasteiger partial charge on any atom is -0.456 e. The van der Waals surface area contributed by atoms with E-state index in [1.807, 2.05) is 12.1 Å². The number of furan rings is 1. The van der Waals surface area contributed by atoms with E-state index in [1.165, 1.54) is 45.2 Å². The fraction of sp³-hybridized carbons (Fsp3) is 0.571. The standard InChI is InChI=1S/C14H17NO/c1-2-10-15(11-3-1)14(8-9-14)7-6-13-5-4-12-16-13/h4-5,12H,1-3,8-11H2. The molecule has 1 aromatic heterocycles. The van der Waals surface area contributed by atoms with E-state index in [1.54, 1.807) is 6.26 Å². The predicted molar refractivity (Wildman–Crippen MR) is 63.0 cm³/mol. The lowest BCUT2D eigenvalue weighted by Gasteiger charge is -2.31. The molecule has 0 bridgehead atoms. The highest BCUT2D eigenvalue weighted by molar-refractivity contribution is 5.34. The lowest BCUT2D eigenvalue weighted by Crippen LogP contribution is -2.40. The summed E-state index contributed by atoms with van der Waals surface area (Å²) in [5.74, 6) is 7.39. The van der Waals surface area contributed by atoms with Crippen LogP contribution < -0.4 is 0 Å². The maximum Gasteiger partial charge on any atom is 0.176 e. The Balaban J connectivity index is 1.73. The fourth-order valence-corrected chi connectivity index (χ4v) is 2.49. The first-order valence-electron chi connectivity index (χ1n) is 6.21. The minimum absolute atomic E-state index is 0.202. The van der Waals surface area contributed by atoms with Crippen LogP contribution in [0.4, 0.5) is 0 Å². The van der Waals surface area contributed by atoms with Crippen LogP contribution in [0.5, 0.6) is 0 Å². The third-order valence-corrected chi connectivity index (χ3v) is 3.62. The molecule has 2 aliphatic rings. The van der Waals surface area contributed by atoms with E-state index in [2.05, 4.69) is 16.7 Å². The molecule has 2 heteroatoms. The molecule has 0 amide bonds. The van der Waals surface area contributed by atoms with Crippen LogP contribution in [0.3, 0.4) is 0 Å². The Hall–Kier alpha value is -1.20. The number of hydrogen-bond donors (Lipinski definition) is 0. The summed E-state index contributed by atoms with van der Waals surface area (Å²) in [6.45, 7) is 2.46. The van der Waals surface area contributed by atoms with E-state index in [0.29, 0.717) is 0 Å². The van der Waals surface area contributed by atoms with Gasteiger partial charge in [0.1, 0.15) is 0 Å². The second kappa shape index (κ2) is 3.99. The quantitative estimate of drug-likeness (QED) is 0.670. The van der Waals surface area contributed by atoms with Crippen LogP contribution in [0, 0.1) is 11.8 Å². The summed E-state index contributed by atoms with van der Waals surface area (Å²) in [7, 11) is 0. The Kier molecular flexibility index (Phi) is 2.49. The molecule has 84 valence electrons. The lowest BCUT2D eigenvalue weighted by molar-refractivity contribution is 0.182. The van der Waals surface area contributed by atoms with Crippen molar-refractivity contribution < 1.29 is 4.42 Å². The van der Waals surface area contributed by atoms with Gasteiger partial charge in [-0.3, -0.25) is 4.90 Å². The van der Waals surface area contributed by atoms with Gasteiger partial charge in [-0.25, -0.2) is 0 Å². The average molecular weight is 215 g/mol. The van der Waals surface area contributed by atoms with Crippen molar-refractivity contribution in [3.8, 4) is 11.8 Å². The van der Waals surface area contributed by atoms with Gasteiger partial charge in [-0.2, -0.15) is 0 Å². The molecule has 0 radical (unpaired) electrons. The molecule has 16 heavy (non-hydrogen) atoms. The maximum absolute atomic E-state index is 5.25. The smallest absolute Gasteiger partial charge is 0.176 e. The summed E-state index contributed by atoms with van der Waals surface area (Å²) in [6.07, 6.45) is 8.22. The van der Waals surface area contributed by atoms with Gasteiger partial charge in [-0.05, 0) is 56.8 Å². The second-order valence-corrected chi connectivity index (χ2v) is 4.81. The van der Waals surface area contributed by atoms with Gasteiger partial charge in [0, 0.05) is 0 Å². The van der Waals surface area contributed by atoms with Gasteiger partial charge < -0.3 is 4.42 Å². The van der Waals surface area contributed by atoms with E-state index in [4.69, 9.17) is 4.42 Å². The number of rotatable bonds is 1. The summed E-state index contributed by atoms with van der Waals surface area (Å²) in [5, 5.41) is 0. The zero-order valence-electron chi connectivity index (χ0n) is 9.54. The number of likely N-dealkylation sites (tertiary alicyclic amines) is 1. The Morgan fingerprint density at radius 3 is 2.62 bits per heavy atom. The monoisotopic (exact) mass is 215 g/mol. The molecule has 0 atom stereocenters. The maximum atomic E-state index is 5.25. The van der Waals surface area contributed by atoms with Crippen LogP contribution in [0.25, 0.3) is 0 Å². The molecular formula is C14H17NO. The Labute approximate surface area is 96.6 Å². The van der Waals surface area contributed by atoms with Crippen molar-refractivity contribution in [2.45, 2.75) is 37.6 Å². The van der Waals surface area contributed by atoms with Crippen molar-refractivity contribution in [1.82, 2.24) is 4.90 Å². The summed E-state index contributed by atoms with van der Waals surface area (Å²) in [6, 6.07) is 3.82. The molecule has 0 aromatic carbocycles. The first kappa shape index (κ1) is 9.99. The molecular weight excluding hydrogens is 198 g/mol. The van der Waals surface area contributed by atoms with E-state index < -0.39 is 0 Å². The average Bonchev–Trinajstić information content (AvgIpc) is 2.96. The molecule has 0 spiro atoms. The van der Waals surface area contributed by atoms with Crippen molar-refractivity contribution in [1.29, 1.82) is 0 Å². The Morgan fingerprint density at radius 1 is 1.19 bits per heavy atom. The summed E-state index contributed by atoms with van der Waals surface area (Å²) in [5.41, 5.74) is 0.202. The number of nitrogens with zero attached hydrogens (tertiary/aromatic N) is 1. The number of piperidine rings is 1. The lowest BCUT2D eigenvalue weighted by atomic mass is 10.1. The first-order valence-corrected chi connectivity index (χ1v) is 6.21. The van der Waals surface area contributed by atoms with Crippen LogP contribution in [0.1, 0.15) is 37.9 Å². The van der Waals surface area contributed by atoms with Crippen LogP contribution in [-0.4, -0.2) is 23.5 Å². The summed E-state index contributed by atoms with van der Waals surface area (Å²) >= 11 is 0. The third-order valence-electron chi connectivity index (χ3n) is 3.62. The molecule has 1 saturated heterocycles. The van der Waals surface area contributed by atoms with Crippen molar-refractivity contribution in [3.63, 3.8) is 0 Å². The van der Waals surface area contributed by atoms with Crippen molar-refractivity contribution in [2.24, 2.45) is 0 Å². The van der Waals surface area contributed by atoms with Gasteiger partial charge >= 0.3 is 0 Å². The van der Waals surface area contributed by atoms with E-state index in [-0.39, 0.29) is 5.54 Å². The summed E-state index contributed by atoms with van der Waals surface area (Å²) < 4.78 is 5.25. The van der Waals surface area contributed by atoms with Gasteiger partial charge in [0.2, 0.25) is 0 Å². The minimum atomic E-state index is 0.202. The molecule has 0 unspecified atom stereocenters. The zero-order valence-corrected chi connectivity index (χ0v) is 9.54. The van der Waals surface area contributed by atoms with Crippen LogP contribution >= 0.6 is 0 Å². The molecule has 2 fully saturated rings. The van der Waals surface area contributed by atoms with Crippen LogP contribution in [0.15, 0.2) is 22.8 Å². The highest BCUT2D eigenvalue weighted by Gasteiger charge is 2.46. The van der Waals surface area contributed by atoms with Crippen molar-refractivity contribution in [2.75, 3.05) is 13.1 Å². The number of hydrogen-bond acceptors (Lipinski definition) is 2. The molecule has 1 saturated carbocycles. The molecule has 1 aromatic rings. The highest BCUT2D eigenvalue weighted by atomic mass is 16.3. The third kappa shape index (κ3) is 1.88. The predicted octanol–water partition coefficient (Wildman–Crippen LogP) is 2.65. The fourth-order valence-electron chi connectivity index (χ4n) is 2.49. The molecule has 2 heterocycles. The van der Waals surface area contributed by atoms with Gasteiger partial charge in [0.05, 0.1) is 11.8 Å². The van der Waals surface area contributed by atoms with E-state index in [9.17, 15) is 0 Å². The van der Waals surface area contributed by atoms with E-state index >= 15 is 0 Å². The van der Waals surface area contributed by atoms with Gasteiger partial charge in [0.15, 0.2) is 5.76 Å². The largest absolute Gasteiger partial charge is 0.456 e. The zero-order chi connectivity index (χ0) is 10.8. The normalized spacial score (nSPS) is 23.5. The first-order chi connectivity index (χ1) is 7.89. The van der Waals surface area contributed by atoms with Crippen molar-refractivity contribution in [3.05, 3.63) is 24.2 Å². The van der Waals surface area contributed by atoms with Crippen LogP contribution in [0.2, 0.25) is 0 Å². The Bertz CT molecular complexity index is 400. The molecule has 0 N–H and O–H groups in total. The highest BCUT2D eigenvalue weighted by Crippen LogP contribution is 2.42. The van der Waals surface area contributed by atoms with Gasteiger partial charge in [-0.1, -0.05) is 12.3 Å². The van der Waals surface area contributed by atoms with Crippen molar-refractivity contribution >= 4 is 0 Å². The SMILES string of the molecule is C(#CC1(N2CCCCC2)CC1)c1ccco1. The van der Waals surface area contributed by atoms with Gasteiger partial charge in [0.25, 0.3) is 0 Å². The topological polar surface area (TPSA) is 16.4 Å². The molecule has 2 nitrogen and oxygen atoms in total. The molecule has 1 aliphatic heterocycles. The Morgan fingerprint density at radius 2 is 2.00 bits per heavy atom. The van der Waals surface area contributed by atoms with Crippen LogP contribution in [-0.2, 0) is 0 Å². The molecule has 1 aliphatic carbocycles. The molecule has 3 rings (SSSR count). The summed E-state index contributed by atoms with van der Waals surface area (Å²) in [4.78, 5) is 2.58. The van der Waals surface area contributed by atoms with Gasteiger partial charge in [-0.15, -0.1) is 0 Å².